The Morgan fingerprint density at radius 2 is 1.95 bits per heavy atom. The van der Waals surface area contributed by atoms with Crippen molar-refractivity contribution in [3.63, 3.8) is 0 Å². The molecule has 1 aromatic rings. The molecule has 1 aromatic carbocycles. The van der Waals surface area contributed by atoms with E-state index in [1.807, 2.05) is 30.3 Å². The van der Waals surface area contributed by atoms with Gasteiger partial charge in [-0.1, -0.05) is 56.0 Å². The largest absolute Gasteiger partial charge is 0.326 e. The van der Waals surface area contributed by atoms with Crippen LogP contribution in [0.15, 0.2) is 30.3 Å². The van der Waals surface area contributed by atoms with Gasteiger partial charge in [-0.25, -0.2) is 4.79 Å². The summed E-state index contributed by atoms with van der Waals surface area (Å²) in [6.45, 7) is 3.90. The number of benzene rings is 1. The molecule has 0 radical (unpaired) electrons. The minimum atomic E-state index is -0.941. The Morgan fingerprint density at radius 3 is 2.57 bits per heavy atom. The number of nitrogens with zero attached hydrogens (tertiary/aromatic N) is 1. The molecular weight excluding hydrogens is 264 g/mol. The first-order valence-electron chi connectivity index (χ1n) is 7.25. The molecule has 4 nitrogen and oxygen atoms in total. The third kappa shape index (κ3) is 2.78. The van der Waals surface area contributed by atoms with Gasteiger partial charge in [-0.3, -0.25) is 9.69 Å². The minimum absolute atomic E-state index is 0.141. The number of carbonyl (C=O) groups is 2. The Balaban J connectivity index is 2.39. The van der Waals surface area contributed by atoms with Gasteiger partial charge >= 0.3 is 6.03 Å². The van der Waals surface area contributed by atoms with Crippen molar-refractivity contribution in [2.24, 2.45) is 0 Å². The van der Waals surface area contributed by atoms with Crippen LogP contribution in [0.25, 0.3) is 0 Å². The van der Waals surface area contributed by atoms with Crippen molar-refractivity contribution in [3.8, 4) is 11.8 Å². The number of unbranched alkanes of at least 4 members (excludes halogenated alkanes) is 1. The fourth-order valence-electron chi connectivity index (χ4n) is 2.60. The third-order valence-corrected chi connectivity index (χ3v) is 3.76. The van der Waals surface area contributed by atoms with E-state index in [0.29, 0.717) is 6.42 Å². The maximum absolute atomic E-state index is 12.8. The summed E-state index contributed by atoms with van der Waals surface area (Å²) in [4.78, 5) is 26.2. The van der Waals surface area contributed by atoms with Crippen LogP contribution in [0.1, 0.15) is 38.7 Å². The monoisotopic (exact) mass is 284 g/mol. The fourth-order valence-corrected chi connectivity index (χ4v) is 2.60. The smallest absolute Gasteiger partial charge is 0.319 e. The molecule has 1 fully saturated rings. The van der Waals surface area contributed by atoms with Crippen LogP contribution in [-0.2, 0) is 10.3 Å². The summed E-state index contributed by atoms with van der Waals surface area (Å²) in [7, 11) is 0. The SMILES string of the molecule is CC#CCN1C(=O)NC(CCCC)(c2ccccc2)C1=O. The maximum Gasteiger partial charge on any atom is 0.326 e. The molecule has 1 saturated heterocycles. The molecule has 0 saturated carbocycles. The number of urea groups is 1. The molecule has 21 heavy (non-hydrogen) atoms. The maximum atomic E-state index is 12.8. The van der Waals surface area contributed by atoms with Gasteiger partial charge in [0.2, 0.25) is 0 Å². The van der Waals surface area contributed by atoms with Crippen molar-refractivity contribution in [3.05, 3.63) is 35.9 Å². The van der Waals surface area contributed by atoms with Gasteiger partial charge in [0.1, 0.15) is 5.54 Å². The first-order valence-corrected chi connectivity index (χ1v) is 7.25. The van der Waals surface area contributed by atoms with Crippen molar-refractivity contribution in [2.45, 2.75) is 38.6 Å². The molecule has 4 heteroatoms. The zero-order chi connectivity index (χ0) is 15.3. The molecule has 1 aliphatic heterocycles. The Bertz CT molecular complexity index is 586. The molecular formula is C17H20N2O2. The molecule has 0 bridgehead atoms. The van der Waals surface area contributed by atoms with Crippen LogP contribution in [0.3, 0.4) is 0 Å². The van der Waals surface area contributed by atoms with Gasteiger partial charge in [-0.2, -0.15) is 0 Å². The summed E-state index contributed by atoms with van der Waals surface area (Å²) in [5.74, 6) is 5.31. The van der Waals surface area contributed by atoms with E-state index >= 15 is 0 Å². The highest BCUT2D eigenvalue weighted by Gasteiger charge is 2.51. The predicted molar refractivity (Wildman–Crippen MR) is 81.3 cm³/mol. The van der Waals surface area contributed by atoms with Crippen molar-refractivity contribution in [2.75, 3.05) is 6.54 Å². The van der Waals surface area contributed by atoms with E-state index in [-0.39, 0.29) is 18.5 Å². The van der Waals surface area contributed by atoms with E-state index < -0.39 is 5.54 Å². The van der Waals surface area contributed by atoms with Gasteiger partial charge in [0.05, 0.1) is 6.54 Å². The quantitative estimate of drug-likeness (QED) is 0.667. The van der Waals surface area contributed by atoms with Crippen molar-refractivity contribution in [1.29, 1.82) is 0 Å². The summed E-state index contributed by atoms with van der Waals surface area (Å²) < 4.78 is 0. The number of carbonyl (C=O) groups excluding carboxylic acids is 2. The number of hydrogen-bond acceptors (Lipinski definition) is 2. The van der Waals surface area contributed by atoms with Crippen LogP contribution in [-0.4, -0.2) is 23.4 Å². The first-order chi connectivity index (χ1) is 10.2. The van der Waals surface area contributed by atoms with Gasteiger partial charge < -0.3 is 5.32 Å². The summed E-state index contributed by atoms with van der Waals surface area (Å²) >= 11 is 0. The average Bonchev–Trinajstić information content (AvgIpc) is 2.76. The average molecular weight is 284 g/mol. The van der Waals surface area contributed by atoms with Crippen LogP contribution < -0.4 is 5.32 Å². The Kier molecular flexibility index (Phi) is 4.64. The summed E-state index contributed by atoms with van der Waals surface area (Å²) in [5.41, 5.74) is -0.104. The van der Waals surface area contributed by atoms with Crippen molar-refractivity contribution >= 4 is 11.9 Å². The second kappa shape index (κ2) is 6.45. The van der Waals surface area contributed by atoms with Gasteiger partial charge in [0.25, 0.3) is 5.91 Å². The lowest BCUT2D eigenvalue weighted by molar-refractivity contribution is -0.131. The molecule has 0 aliphatic carbocycles. The molecule has 0 spiro atoms. The summed E-state index contributed by atoms with van der Waals surface area (Å²) in [6, 6.07) is 9.10. The van der Waals surface area contributed by atoms with Crippen LogP contribution in [0.2, 0.25) is 0 Å². The van der Waals surface area contributed by atoms with Crippen LogP contribution >= 0.6 is 0 Å². The van der Waals surface area contributed by atoms with E-state index in [2.05, 4.69) is 24.1 Å². The topological polar surface area (TPSA) is 49.4 Å². The number of imide groups is 1. The van der Waals surface area contributed by atoms with Gasteiger partial charge in [0.15, 0.2) is 0 Å². The van der Waals surface area contributed by atoms with Crippen molar-refractivity contribution < 1.29 is 9.59 Å². The summed E-state index contributed by atoms with van der Waals surface area (Å²) in [5, 5.41) is 2.90. The second-order valence-electron chi connectivity index (χ2n) is 5.12. The molecule has 1 atom stereocenters. The zero-order valence-corrected chi connectivity index (χ0v) is 12.5. The Morgan fingerprint density at radius 1 is 1.24 bits per heavy atom. The second-order valence-corrected chi connectivity index (χ2v) is 5.12. The highest BCUT2D eigenvalue weighted by atomic mass is 16.2. The molecule has 1 aliphatic rings. The van der Waals surface area contributed by atoms with E-state index in [4.69, 9.17) is 0 Å². The molecule has 0 aromatic heterocycles. The third-order valence-electron chi connectivity index (χ3n) is 3.76. The molecule has 2 rings (SSSR count). The van der Waals surface area contributed by atoms with Crippen LogP contribution in [0.4, 0.5) is 4.79 Å². The van der Waals surface area contributed by atoms with E-state index in [0.717, 1.165) is 18.4 Å². The zero-order valence-electron chi connectivity index (χ0n) is 12.5. The van der Waals surface area contributed by atoms with E-state index in [1.54, 1.807) is 6.92 Å². The van der Waals surface area contributed by atoms with Gasteiger partial charge in [0, 0.05) is 0 Å². The molecule has 1 unspecified atom stereocenters. The number of amides is 3. The minimum Gasteiger partial charge on any atom is -0.319 e. The molecule has 3 amide bonds. The highest BCUT2D eigenvalue weighted by molar-refractivity contribution is 6.07. The van der Waals surface area contributed by atoms with Gasteiger partial charge in [-0.15, -0.1) is 5.92 Å². The fraction of sp³-hybridized carbons (Fsp3) is 0.412. The lowest BCUT2D eigenvalue weighted by Gasteiger charge is -2.27. The standard InChI is InChI=1S/C17H20N2O2/c1-3-5-12-17(14-10-8-7-9-11-14)15(20)19(13-6-4-2)16(21)18-17/h7-11H,3,5,12-13H2,1-2H3,(H,18,21). The summed E-state index contributed by atoms with van der Waals surface area (Å²) in [6.07, 6.45) is 2.44. The predicted octanol–water partition coefficient (Wildman–Crippen LogP) is 2.65. The number of rotatable bonds is 5. The van der Waals surface area contributed by atoms with E-state index in [1.165, 1.54) is 4.90 Å². The van der Waals surface area contributed by atoms with Crippen LogP contribution in [0.5, 0.6) is 0 Å². The first kappa shape index (κ1) is 15.1. The van der Waals surface area contributed by atoms with E-state index in [9.17, 15) is 9.59 Å². The Labute approximate surface area is 125 Å². The number of hydrogen-bond donors (Lipinski definition) is 1. The van der Waals surface area contributed by atoms with Crippen molar-refractivity contribution in [1.82, 2.24) is 10.2 Å². The lowest BCUT2D eigenvalue weighted by atomic mass is 9.85. The van der Waals surface area contributed by atoms with Gasteiger partial charge in [-0.05, 0) is 18.9 Å². The lowest BCUT2D eigenvalue weighted by Crippen LogP contribution is -2.44. The number of nitrogens with one attached hydrogen (secondary N) is 1. The molecule has 1 N–H and O–H groups in total. The highest BCUT2D eigenvalue weighted by Crippen LogP contribution is 2.33. The normalized spacial score (nSPS) is 21.0. The molecule has 1 heterocycles. The Hall–Kier alpha value is -2.28. The molecule has 110 valence electrons. The van der Waals surface area contributed by atoms with Crippen LogP contribution in [0, 0.1) is 11.8 Å².